The molecule has 0 unspecified atom stereocenters. The minimum atomic E-state index is -0.232. The molecule has 2 N–H and O–H groups in total. The van der Waals surface area contributed by atoms with Crippen LogP contribution in [0.5, 0.6) is 0 Å². The summed E-state index contributed by atoms with van der Waals surface area (Å²) in [6.07, 6.45) is 6.68. The summed E-state index contributed by atoms with van der Waals surface area (Å²) in [4.78, 5) is 48.8. The highest BCUT2D eigenvalue weighted by atomic mass is 16.1. The Balaban J connectivity index is 1.49. The molecule has 1 saturated carbocycles. The SMILES string of the molecule is CN=CN=C(c1[nH]cc(C(=O)c2cnc3ccccc3n2)c1C)N(C)c1cc(C(=O)NC2CC2)ccc1C. The fraction of sp³-hybridized carbons (Fsp3) is 0.241. The number of amidine groups is 1. The van der Waals surface area contributed by atoms with Crippen molar-refractivity contribution in [3.05, 3.63) is 88.5 Å². The zero-order valence-electron chi connectivity index (χ0n) is 21.8. The predicted molar refractivity (Wildman–Crippen MR) is 150 cm³/mol. The van der Waals surface area contributed by atoms with Gasteiger partial charge in [0.2, 0.25) is 5.78 Å². The van der Waals surface area contributed by atoms with Crippen LogP contribution in [-0.4, -0.2) is 59.0 Å². The summed E-state index contributed by atoms with van der Waals surface area (Å²) in [6.45, 7) is 3.85. The van der Waals surface area contributed by atoms with Crippen LogP contribution in [0.25, 0.3) is 11.0 Å². The molecule has 2 aromatic carbocycles. The average Bonchev–Trinajstić information content (AvgIpc) is 3.67. The molecular weight excluding hydrogens is 478 g/mol. The van der Waals surface area contributed by atoms with E-state index in [2.05, 4.69) is 30.3 Å². The third kappa shape index (κ3) is 4.95. The Hall–Kier alpha value is -4.66. The molecule has 9 nitrogen and oxygen atoms in total. The number of hydrogen-bond donors (Lipinski definition) is 2. The summed E-state index contributed by atoms with van der Waals surface area (Å²) in [5.41, 5.74) is 5.90. The number of aliphatic imine (C=N–C) groups is 2. The molecule has 4 aromatic rings. The molecule has 192 valence electrons. The first-order valence-electron chi connectivity index (χ1n) is 12.5. The van der Waals surface area contributed by atoms with Crippen LogP contribution in [0.3, 0.4) is 0 Å². The molecule has 5 rings (SSSR count). The molecule has 1 fully saturated rings. The van der Waals surface area contributed by atoms with Gasteiger partial charge in [-0.25, -0.2) is 9.98 Å². The summed E-state index contributed by atoms with van der Waals surface area (Å²) in [5.74, 6) is 0.236. The number of para-hydroxylation sites is 2. The van der Waals surface area contributed by atoms with E-state index in [9.17, 15) is 9.59 Å². The van der Waals surface area contributed by atoms with Crippen LogP contribution < -0.4 is 10.2 Å². The van der Waals surface area contributed by atoms with Crippen LogP contribution in [0, 0.1) is 13.8 Å². The molecule has 1 aliphatic rings. The Kier molecular flexibility index (Phi) is 6.83. The molecule has 1 amide bonds. The topological polar surface area (TPSA) is 116 Å². The third-order valence-electron chi connectivity index (χ3n) is 6.65. The molecule has 0 bridgehead atoms. The van der Waals surface area contributed by atoms with Crippen LogP contribution in [0.2, 0.25) is 0 Å². The molecule has 0 atom stereocenters. The zero-order valence-corrected chi connectivity index (χ0v) is 21.8. The summed E-state index contributed by atoms with van der Waals surface area (Å²) >= 11 is 0. The number of H-pyrrole nitrogens is 1. The van der Waals surface area contributed by atoms with Gasteiger partial charge in [-0.2, -0.15) is 0 Å². The quantitative estimate of drug-likeness (QED) is 0.221. The lowest BCUT2D eigenvalue weighted by molar-refractivity contribution is 0.0950. The molecule has 0 saturated heterocycles. The van der Waals surface area contributed by atoms with Crippen molar-refractivity contribution in [2.45, 2.75) is 32.7 Å². The minimum Gasteiger partial charge on any atom is -0.358 e. The highest BCUT2D eigenvalue weighted by Gasteiger charge is 2.26. The second-order valence-corrected chi connectivity index (χ2v) is 9.41. The van der Waals surface area contributed by atoms with E-state index in [-0.39, 0.29) is 23.4 Å². The maximum absolute atomic E-state index is 13.4. The Labute approximate surface area is 220 Å². The van der Waals surface area contributed by atoms with Crippen LogP contribution in [0.1, 0.15) is 56.1 Å². The minimum absolute atomic E-state index is 0.0869. The molecular formula is C29H29N7O2. The first kappa shape index (κ1) is 25.0. The molecule has 2 aromatic heterocycles. The summed E-state index contributed by atoms with van der Waals surface area (Å²) in [6, 6.07) is 13.3. The number of aryl methyl sites for hydroxylation is 1. The Bertz CT molecular complexity index is 1600. The fourth-order valence-corrected chi connectivity index (χ4v) is 4.32. The fourth-order valence-electron chi connectivity index (χ4n) is 4.32. The number of rotatable bonds is 7. The number of nitrogens with zero attached hydrogens (tertiary/aromatic N) is 5. The highest BCUT2D eigenvalue weighted by Crippen LogP contribution is 2.26. The molecule has 1 aliphatic carbocycles. The number of anilines is 1. The number of hydrogen-bond acceptors (Lipinski definition) is 5. The van der Waals surface area contributed by atoms with Crippen molar-refractivity contribution in [2.75, 3.05) is 19.0 Å². The van der Waals surface area contributed by atoms with Gasteiger partial charge in [0.05, 0.1) is 22.9 Å². The van der Waals surface area contributed by atoms with Gasteiger partial charge in [0.25, 0.3) is 5.91 Å². The first-order chi connectivity index (χ1) is 18.4. The predicted octanol–water partition coefficient (Wildman–Crippen LogP) is 4.24. The monoisotopic (exact) mass is 507 g/mol. The second kappa shape index (κ2) is 10.4. The normalized spacial score (nSPS) is 13.7. The van der Waals surface area contributed by atoms with Gasteiger partial charge < -0.3 is 15.2 Å². The van der Waals surface area contributed by atoms with E-state index in [4.69, 9.17) is 0 Å². The van der Waals surface area contributed by atoms with E-state index in [1.54, 1.807) is 13.2 Å². The van der Waals surface area contributed by atoms with Gasteiger partial charge in [0.15, 0.2) is 5.84 Å². The van der Waals surface area contributed by atoms with E-state index in [0.29, 0.717) is 28.2 Å². The van der Waals surface area contributed by atoms with Gasteiger partial charge in [-0.15, -0.1) is 0 Å². The van der Waals surface area contributed by atoms with Crippen LogP contribution in [0.4, 0.5) is 5.69 Å². The highest BCUT2D eigenvalue weighted by molar-refractivity contribution is 6.16. The molecule has 0 aliphatic heterocycles. The van der Waals surface area contributed by atoms with E-state index in [0.717, 1.165) is 35.2 Å². The van der Waals surface area contributed by atoms with Crippen LogP contribution >= 0.6 is 0 Å². The maximum atomic E-state index is 13.4. The lowest BCUT2D eigenvalue weighted by Crippen LogP contribution is -2.30. The van der Waals surface area contributed by atoms with Gasteiger partial charge in [-0.05, 0) is 62.1 Å². The van der Waals surface area contributed by atoms with E-state index in [1.807, 2.05) is 68.3 Å². The number of amides is 1. The number of ketones is 1. The lowest BCUT2D eigenvalue weighted by Gasteiger charge is -2.23. The Morgan fingerprint density at radius 3 is 2.63 bits per heavy atom. The number of benzene rings is 2. The zero-order chi connectivity index (χ0) is 26.8. The number of aromatic amines is 1. The summed E-state index contributed by atoms with van der Waals surface area (Å²) in [5, 5.41) is 3.04. The van der Waals surface area contributed by atoms with Crippen molar-refractivity contribution in [3.8, 4) is 0 Å². The molecule has 38 heavy (non-hydrogen) atoms. The smallest absolute Gasteiger partial charge is 0.251 e. The van der Waals surface area contributed by atoms with Gasteiger partial charge in [0, 0.05) is 43.1 Å². The van der Waals surface area contributed by atoms with E-state index in [1.165, 1.54) is 12.5 Å². The second-order valence-electron chi connectivity index (χ2n) is 9.41. The number of nitrogens with one attached hydrogen (secondary N) is 2. The largest absolute Gasteiger partial charge is 0.358 e. The van der Waals surface area contributed by atoms with Crippen molar-refractivity contribution in [1.29, 1.82) is 0 Å². The van der Waals surface area contributed by atoms with Crippen LogP contribution in [0.15, 0.2) is 64.8 Å². The number of carbonyl (C=O) groups is 2. The standard InChI is InChI=1S/C29H29N7O2/c1-17-9-10-19(29(38)34-20-11-12-20)13-25(17)36(4)28(33-16-30-3)26-18(2)21(14-32-26)27(37)24-15-31-22-7-5-6-8-23(22)35-24/h5-10,13-16,20,32H,11-12H2,1-4H3,(H,34,38). The first-order valence-corrected chi connectivity index (χ1v) is 12.5. The number of fused-ring (bicyclic) bond motifs is 1. The van der Waals surface area contributed by atoms with Crippen molar-refractivity contribution in [3.63, 3.8) is 0 Å². The average molecular weight is 508 g/mol. The number of aromatic nitrogens is 3. The van der Waals surface area contributed by atoms with Crippen molar-refractivity contribution in [2.24, 2.45) is 9.98 Å². The van der Waals surface area contributed by atoms with E-state index >= 15 is 0 Å². The van der Waals surface area contributed by atoms with Crippen molar-refractivity contribution in [1.82, 2.24) is 20.3 Å². The van der Waals surface area contributed by atoms with Crippen LogP contribution in [-0.2, 0) is 0 Å². The lowest BCUT2D eigenvalue weighted by atomic mass is 10.0. The third-order valence-corrected chi connectivity index (χ3v) is 6.65. The van der Waals surface area contributed by atoms with Crippen molar-refractivity contribution < 1.29 is 9.59 Å². The van der Waals surface area contributed by atoms with Gasteiger partial charge in [-0.1, -0.05) is 18.2 Å². The molecule has 9 heteroatoms. The maximum Gasteiger partial charge on any atom is 0.251 e. The van der Waals surface area contributed by atoms with Gasteiger partial charge in [-0.3, -0.25) is 19.6 Å². The summed E-state index contributed by atoms with van der Waals surface area (Å²) in [7, 11) is 3.52. The number of carbonyl (C=O) groups excluding carboxylic acids is 2. The van der Waals surface area contributed by atoms with E-state index < -0.39 is 0 Å². The molecule has 2 heterocycles. The molecule has 0 radical (unpaired) electrons. The molecule has 0 spiro atoms. The van der Waals surface area contributed by atoms with Gasteiger partial charge >= 0.3 is 0 Å². The Morgan fingerprint density at radius 2 is 1.89 bits per heavy atom. The van der Waals surface area contributed by atoms with Gasteiger partial charge in [0.1, 0.15) is 12.0 Å². The van der Waals surface area contributed by atoms with Crippen molar-refractivity contribution >= 4 is 40.6 Å². The summed E-state index contributed by atoms with van der Waals surface area (Å²) < 4.78 is 0. The Morgan fingerprint density at radius 1 is 1.13 bits per heavy atom.